The summed E-state index contributed by atoms with van der Waals surface area (Å²) < 4.78 is 0.564. The molecule has 16 heavy (non-hydrogen) atoms. The SMILES string of the molecule is Cc1cc(O)c(Br)c(C)c1C(N)CC(=O)O. The Bertz CT molecular complexity index is 432. The van der Waals surface area contributed by atoms with Crippen molar-refractivity contribution in [2.75, 3.05) is 0 Å². The van der Waals surface area contributed by atoms with E-state index in [9.17, 15) is 9.90 Å². The Kier molecular flexibility index (Phi) is 3.93. The molecular weight excluding hydrogens is 274 g/mol. The smallest absolute Gasteiger partial charge is 0.305 e. The van der Waals surface area contributed by atoms with Crippen molar-refractivity contribution < 1.29 is 15.0 Å². The number of hydrogen-bond acceptors (Lipinski definition) is 3. The van der Waals surface area contributed by atoms with Gasteiger partial charge in [0.25, 0.3) is 0 Å². The number of halogens is 1. The zero-order valence-electron chi connectivity index (χ0n) is 9.12. The lowest BCUT2D eigenvalue weighted by Gasteiger charge is -2.18. The Morgan fingerprint density at radius 2 is 2.12 bits per heavy atom. The van der Waals surface area contributed by atoms with Gasteiger partial charge in [0.2, 0.25) is 0 Å². The minimum atomic E-state index is -0.935. The first-order valence-electron chi connectivity index (χ1n) is 4.80. The zero-order chi connectivity index (χ0) is 12.5. The fourth-order valence-electron chi connectivity index (χ4n) is 1.81. The number of rotatable bonds is 3. The first kappa shape index (κ1) is 13.0. The Morgan fingerprint density at radius 3 is 2.62 bits per heavy atom. The molecule has 0 amide bonds. The second kappa shape index (κ2) is 4.84. The number of aryl methyl sites for hydroxylation is 1. The molecule has 1 rings (SSSR count). The molecule has 0 radical (unpaired) electrons. The number of hydrogen-bond donors (Lipinski definition) is 3. The summed E-state index contributed by atoms with van der Waals surface area (Å²) in [4.78, 5) is 10.6. The number of nitrogens with two attached hydrogens (primary N) is 1. The highest BCUT2D eigenvalue weighted by Crippen LogP contribution is 2.35. The lowest BCUT2D eigenvalue weighted by Crippen LogP contribution is -2.17. The van der Waals surface area contributed by atoms with Gasteiger partial charge < -0.3 is 15.9 Å². The summed E-state index contributed by atoms with van der Waals surface area (Å²) in [5.41, 5.74) is 8.19. The highest BCUT2D eigenvalue weighted by molar-refractivity contribution is 9.10. The van der Waals surface area contributed by atoms with E-state index < -0.39 is 12.0 Å². The van der Waals surface area contributed by atoms with Crippen molar-refractivity contribution in [1.29, 1.82) is 0 Å². The number of phenolic OH excluding ortho intramolecular Hbond substituents is 1. The molecule has 0 aliphatic heterocycles. The lowest BCUT2D eigenvalue weighted by atomic mass is 9.94. The minimum absolute atomic E-state index is 0.126. The van der Waals surface area contributed by atoms with E-state index in [1.165, 1.54) is 0 Å². The number of aromatic hydroxyl groups is 1. The van der Waals surface area contributed by atoms with Crippen LogP contribution in [-0.2, 0) is 4.79 Å². The van der Waals surface area contributed by atoms with E-state index in [1.807, 2.05) is 0 Å². The molecule has 4 N–H and O–H groups in total. The molecule has 0 saturated carbocycles. The van der Waals surface area contributed by atoms with Gasteiger partial charge in [-0.25, -0.2) is 0 Å². The van der Waals surface area contributed by atoms with Crippen molar-refractivity contribution in [3.63, 3.8) is 0 Å². The third-order valence-corrected chi connectivity index (χ3v) is 3.50. The van der Waals surface area contributed by atoms with Crippen LogP contribution in [0, 0.1) is 13.8 Å². The van der Waals surface area contributed by atoms with E-state index >= 15 is 0 Å². The Morgan fingerprint density at radius 1 is 1.56 bits per heavy atom. The van der Waals surface area contributed by atoms with Crippen LogP contribution in [0.1, 0.15) is 29.2 Å². The monoisotopic (exact) mass is 287 g/mol. The van der Waals surface area contributed by atoms with Gasteiger partial charge in [0.1, 0.15) is 5.75 Å². The van der Waals surface area contributed by atoms with E-state index in [4.69, 9.17) is 10.8 Å². The molecule has 0 aromatic heterocycles. The van der Waals surface area contributed by atoms with E-state index in [0.29, 0.717) is 4.47 Å². The number of carbonyl (C=O) groups is 1. The zero-order valence-corrected chi connectivity index (χ0v) is 10.7. The number of phenols is 1. The first-order valence-corrected chi connectivity index (χ1v) is 5.59. The third kappa shape index (κ3) is 2.54. The van der Waals surface area contributed by atoms with Gasteiger partial charge in [-0.3, -0.25) is 4.79 Å². The minimum Gasteiger partial charge on any atom is -0.507 e. The standard InChI is InChI=1S/C11H14BrNO3/c1-5-3-8(14)11(12)6(2)10(5)7(13)4-9(15)16/h3,7,14H,4,13H2,1-2H3,(H,15,16). The van der Waals surface area contributed by atoms with Gasteiger partial charge in [-0.2, -0.15) is 0 Å². The maximum atomic E-state index is 10.6. The molecule has 1 unspecified atom stereocenters. The second-order valence-corrected chi connectivity index (χ2v) is 4.56. The number of aliphatic carboxylic acids is 1. The van der Waals surface area contributed by atoms with Crippen molar-refractivity contribution in [2.45, 2.75) is 26.3 Å². The van der Waals surface area contributed by atoms with Gasteiger partial charge in [-0.15, -0.1) is 0 Å². The van der Waals surface area contributed by atoms with Crippen LogP contribution in [0.15, 0.2) is 10.5 Å². The highest BCUT2D eigenvalue weighted by Gasteiger charge is 2.18. The fraction of sp³-hybridized carbons (Fsp3) is 0.364. The maximum Gasteiger partial charge on any atom is 0.305 e. The first-order chi connectivity index (χ1) is 7.34. The topological polar surface area (TPSA) is 83.5 Å². The summed E-state index contributed by atoms with van der Waals surface area (Å²) in [5.74, 6) is -0.795. The molecule has 0 saturated heterocycles. The van der Waals surface area contributed by atoms with Gasteiger partial charge in [-0.1, -0.05) is 0 Å². The van der Waals surface area contributed by atoms with Crippen LogP contribution in [0.25, 0.3) is 0 Å². The average molecular weight is 288 g/mol. The Balaban J connectivity index is 3.23. The second-order valence-electron chi connectivity index (χ2n) is 3.77. The molecule has 0 bridgehead atoms. The fourth-order valence-corrected chi connectivity index (χ4v) is 2.14. The molecular formula is C11H14BrNO3. The van der Waals surface area contributed by atoms with Crippen LogP contribution in [0.4, 0.5) is 0 Å². The lowest BCUT2D eigenvalue weighted by molar-refractivity contribution is -0.137. The van der Waals surface area contributed by atoms with Gasteiger partial charge in [-0.05, 0) is 52.5 Å². The summed E-state index contributed by atoms with van der Waals surface area (Å²) >= 11 is 3.25. The van der Waals surface area contributed by atoms with Crippen LogP contribution in [-0.4, -0.2) is 16.2 Å². The summed E-state index contributed by atoms with van der Waals surface area (Å²) in [7, 11) is 0. The Hall–Kier alpha value is -1.07. The van der Waals surface area contributed by atoms with Gasteiger partial charge in [0.05, 0.1) is 10.9 Å². The molecule has 1 aromatic rings. The molecule has 5 heteroatoms. The molecule has 1 aromatic carbocycles. The van der Waals surface area contributed by atoms with Gasteiger partial charge in [0.15, 0.2) is 0 Å². The van der Waals surface area contributed by atoms with Crippen LogP contribution in [0.2, 0.25) is 0 Å². The van der Waals surface area contributed by atoms with Crippen molar-refractivity contribution in [3.8, 4) is 5.75 Å². The normalized spacial score (nSPS) is 12.5. The molecule has 1 atom stereocenters. The van der Waals surface area contributed by atoms with Crippen molar-refractivity contribution >= 4 is 21.9 Å². The van der Waals surface area contributed by atoms with Crippen LogP contribution in [0.5, 0.6) is 5.75 Å². The number of carboxylic acids is 1. The van der Waals surface area contributed by atoms with Crippen LogP contribution >= 0.6 is 15.9 Å². The number of benzene rings is 1. The molecule has 0 fully saturated rings. The number of carboxylic acid groups (broad SMARTS) is 1. The summed E-state index contributed by atoms with van der Waals surface area (Å²) in [6, 6.07) is 1.02. The maximum absolute atomic E-state index is 10.6. The summed E-state index contributed by atoms with van der Waals surface area (Å²) in [6.45, 7) is 3.60. The van der Waals surface area contributed by atoms with Crippen molar-refractivity contribution in [1.82, 2.24) is 0 Å². The largest absolute Gasteiger partial charge is 0.507 e. The van der Waals surface area contributed by atoms with Crippen LogP contribution in [0.3, 0.4) is 0 Å². The van der Waals surface area contributed by atoms with E-state index in [1.54, 1.807) is 19.9 Å². The molecule has 0 aliphatic rings. The van der Waals surface area contributed by atoms with Gasteiger partial charge in [0, 0.05) is 6.04 Å². The van der Waals surface area contributed by atoms with Crippen LogP contribution < -0.4 is 5.73 Å². The van der Waals surface area contributed by atoms with E-state index in [-0.39, 0.29) is 12.2 Å². The van der Waals surface area contributed by atoms with E-state index in [2.05, 4.69) is 15.9 Å². The summed E-state index contributed by atoms with van der Waals surface area (Å²) in [6.07, 6.45) is -0.126. The predicted molar refractivity (Wildman–Crippen MR) is 64.5 cm³/mol. The molecule has 0 heterocycles. The highest BCUT2D eigenvalue weighted by atomic mass is 79.9. The van der Waals surface area contributed by atoms with E-state index in [0.717, 1.165) is 16.7 Å². The molecule has 0 aliphatic carbocycles. The Labute approximate surface area is 102 Å². The van der Waals surface area contributed by atoms with Crippen molar-refractivity contribution in [3.05, 3.63) is 27.2 Å². The van der Waals surface area contributed by atoms with Crippen molar-refractivity contribution in [2.24, 2.45) is 5.73 Å². The summed E-state index contributed by atoms with van der Waals surface area (Å²) in [5, 5.41) is 18.3. The predicted octanol–water partition coefficient (Wildman–Crippen LogP) is 2.25. The molecule has 0 spiro atoms. The molecule has 88 valence electrons. The quantitative estimate of drug-likeness (QED) is 0.796. The van der Waals surface area contributed by atoms with Gasteiger partial charge >= 0.3 is 5.97 Å². The third-order valence-electron chi connectivity index (χ3n) is 2.50. The molecule has 4 nitrogen and oxygen atoms in total. The average Bonchev–Trinajstić information content (AvgIpc) is 2.13.